The predicted octanol–water partition coefficient (Wildman–Crippen LogP) is 2.75. The minimum Gasteiger partial charge on any atom is -0.390 e. The minimum atomic E-state index is -0.131. The number of nitrogens with zero attached hydrogens (tertiary/aromatic N) is 2. The van der Waals surface area contributed by atoms with E-state index in [0.717, 1.165) is 18.9 Å². The van der Waals surface area contributed by atoms with Crippen molar-refractivity contribution in [2.75, 3.05) is 4.90 Å². The second-order valence-electron chi connectivity index (χ2n) is 4.38. The number of benzene rings is 1. The highest BCUT2D eigenvalue weighted by Crippen LogP contribution is 2.28. The van der Waals surface area contributed by atoms with Gasteiger partial charge >= 0.3 is 0 Å². The van der Waals surface area contributed by atoms with Crippen LogP contribution in [0.15, 0.2) is 36.4 Å². The van der Waals surface area contributed by atoms with Gasteiger partial charge in [0.25, 0.3) is 0 Å². The summed E-state index contributed by atoms with van der Waals surface area (Å²) in [6, 6.07) is 12.1. The van der Waals surface area contributed by atoms with Crippen LogP contribution in [0.3, 0.4) is 0 Å². The molecule has 0 radical (unpaired) electrons. The molecule has 1 aliphatic rings. The summed E-state index contributed by atoms with van der Waals surface area (Å²) in [4.78, 5) is 6.58. The van der Waals surface area contributed by atoms with Crippen LogP contribution in [0.1, 0.15) is 16.8 Å². The summed E-state index contributed by atoms with van der Waals surface area (Å²) >= 11 is 5.95. The molecule has 4 heteroatoms. The first kappa shape index (κ1) is 11.5. The molecule has 0 unspecified atom stereocenters. The molecule has 1 aromatic heterocycles. The van der Waals surface area contributed by atoms with E-state index in [2.05, 4.69) is 34.1 Å². The topological polar surface area (TPSA) is 36.4 Å². The van der Waals surface area contributed by atoms with Crippen LogP contribution < -0.4 is 4.90 Å². The van der Waals surface area contributed by atoms with Crippen LogP contribution in [0.4, 0.5) is 5.82 Å². The summed E-state index contributed by atoms with van der Waals surface area (Å²) in [5, 5.41) is 9.71. The summed E-state index contributed by atoms with van der Waals surface area (Å²) in [6.07, 6.45) is 0. The van der Waals surface area contributed by atoms with Gasteiger partial charge in [-0.3, -0.25) is 0 Å². The van der Waals surface area contributed by atoms with Crippen LogP contribution in [0.5, 0.6) is 0 Å². The minimum absolute atomic E-state index is 0.131. The second-order valence-corrected chi connectivity index (χ2v) is 4.79. The Kier molecular flexibility index (Phi) is 2.94. The third kappa shape index (κ3) is 1.96. The Hall–Kier alpha value is -1.58. The number of hydrogen-bond acceptors (Lipinski definition) is 3. The van der Waals surface area contributed by atoms with E-state index in [1.54, 1.807) is 6.07 Å². The van der Waals surface area contributed by atoms with Gasteiger partial charge in [0.15, 0.2) is 0 Å². The monoisotopic (exact) mass is 260 g/mol. The summed E-state index contributed by atoms with van der Waals surface area (Å²) in [5.41, 5.74) is 3.20. The zero-order valence-electron chi connectivity index (χ0n) is 9.81. The Morgan fingerprint density at radius 3 is 2.39 bits per heavy atom. The number of aromatic nitrogens is 1. The van der Waals surface area contributed by atoms with E-state index in [-0.39, 0.29) is 6.61 Å². The number of pyridine rings is 1. The van der Waals surface area contributed by atoms with Crippen LogP contribution in [-0.4, -0.2) is 10.1 Å². The number of halogens is 1. The molecule has 1 aliphatic heterocycles. The van der Waals surface area contributed by atoms with E-state index in [4.69, 9.17) is 11.6 Å². The molecular weight excluding hydrogens is 248 g/mol. The zero-order valence-corrected chi connectivity index (χ0v) is 10.6. The normalized spacial score (nSPS) is 13.8. The predicted molar refractivity (Wildman–Crippen MR) is 71.5 cm³/mol. The fourth-order valence-corrected chi connectivity index (χ4v) is 2.42. The molecule has 92 valence electrons. The summed E-state index contributed by atoms with van der Waals surface area (Å²) < 4.78 is 0. The fourth-order valence-electron chi connectivity index (χ4n) is 2.25. The van der Waals surface area contributed by atoms with E-state index in [0.29, 0.717) is 10.7 Å². The zero-order chi connectivity index (χ0) is 12.5. The first-order valence-corrected chi connectivity index (χ1v) is 6.24. The van der Waals surface area contributed by atoms with Gasteiger partial charge in [-0.15, -0.1) is 0 Å². The van der Waals surface area contributed by atoms with Crippen LogP contribution in [-0.2, 0) is 19.7 Å². The van der Waals surface area contributed by atoms with Crippen LogP contribution in [0.2, 0.25) is 5.02 Å². The lowest BCUT2D eigenvalue weighted by Gasteiger charge is -2.17. The Bertz CT molecular complexity index is 561. The Morgan fingerprint density at radius 1 is 1.11 bits per heavy atom. The SMILES string of the molecule is OCc1nc(N2Cc3ccccc3C2)ccc1Cl. The van der Waals surface area contributed by atoms with Crippen molar-refractivity contribution in [2.45, 2.75) is 19.7 Å². The highest BCUT2D eigenvalue weighted by Gasteiger charge is 2.19. The molecule has 2 aromatic rings. The average molecular weight is 261 g/mol. The Labute approximate surface area is 111 Å². The van der Waals surface area contributed by atoms with Gasteiger partial charge in [0.05, 0.1) is 17.3 Å². The highest BCUT2D eigenvalue weighted by atomic mass is 35.5. The van der Waals surface area contributed by atoms with E-state index in [1.807, 2.05) is 6.07 Å². The third-order valence-electron chi connectivity index (χ3n) is 3.22. The lowest BCUT2D eigenvalue weighted by Crippen LogP contribution is -2.16. The van der Waals surface area contributed by atoms with E-state index in [9.17, 15) is 5.11 Å². The first-order chi connectivity index (χ1) is 8.78. The van der Waals surface area contributed by atoms with Gasteiger partial charge in [0.1, 0.15) is 5.82 Å². The number of aliphatic hydroxyl groups is 1. The second kappa shape index (κ2) is 4.59. The molecule has 3 rings (SSSR count). The Morgan fingerprint density at radius 2 is 1.78 bits per heavy atom. The van der Waals surface area contributed by atoms with Crippen molar-refractivity contribution < 1.29 is 5.11 Å². The van der Waals surface area contributed by atoms with Gasteiger partial charge in [-0.2, -0.15) is 0 Å². The number of anilines is 1. The van der Waals surface area contributed by atoms with Crippen molar-refractivity contribution in [1.29, 1.82) is 0 Å². The molecule has 0 saturated carbocycles. The van der Waals surface area contributed by atoms with E-state index < -0.39 is 0 Å². The molecule has 0 saturated heterocycles. The summed E-state index contributed by atoms with van der Waals surface area (Å²) in [6.45, 7) is 1.58. The first-order valence-electron chi connectivity index (χ1n) is 5.86. The van der Waals surface area contributed by atoms with Crippen molar-refractivity contribution in [3.05, 3.63) is 58.2 Å². The van der Waals surface area contributed by atoms with Crippen molar-refractivity contribution in [3.8, 4) is 0 Å². The van der Waals surface area contributed by atoms with Crippen molar-refractivity contribution in [1.82, 2.24) is 4.98 Å². The van der Waals surface area contributed by atoms with Gasteiger partial charge < -0.3 is 10.0 Å². The molecule has 0 bridgehead atoms. The maximum Gasteiger partial charge on any atom is 0.129 e. The highest BCUT2D eigenvalue weighted by molar-refractivity contribution is 6.31. The molecule has 0 spiro atoms. The average Bonchev–Trinajstić information content (AvgIpc) is 2.83. The number of rotatable bonds is 2. The fraction of sp³-hybridized carbons (Fsp3) is 0.214. The number of aliphatic hydroxyl groups excluding tert-OH is 1. The molecule has 18 heavy (non-hydrogen) atoms. The largest absolute Gasteiger partial charge is 0.390 e. The Balaban J connectivity index is 1.90. The molecule has 0 aliphatic carbocycles. The van der Waals surface area contributed by atoms with Crippen LogP contribution in [0.25, 0.3) is 0 Å². The molecule has 0 amide bonds. The number of fused-ring (bicyclic) bond motifs is 1. The maximum atomic E-state index is 9.19. The summed E-state index contributed by atoms with van der Waals surface area (Å²) in [5.74, 6) is 0.861. The van der Waals surface area contributed by atoms with Crippen molar-refractivity contribution in [2.24, 2.45) is 0 Å². The molecule has 0 atom stereocenters. The van der Waals surface area contributed by atoms with E-state index >= 15 is 0 Å². The third-order valence-corrected chi connectivity index (χ3v) is 3.56. The van der Waals surface area contributed by atoms with Crippen LogP contribution >= 0.6 is 11.6 Å². The molecule has 1 N–H and O–H groups in total. The molecule has 0 fully saturated rings. The van der Waals surface area contributed by atoms with E-state index in [1.165, 1.54) is 11.1 Å². The van der Waals surface area contributed by atoms with Crippen molar-refractivity contribution in [3.63, 3.8) is 0 Å². The molecular formula is C14H13ClN2O. The standard InChI is InChI=1S/C14H13ClN2O/c15-12-5-6-14(16-13(12)9-18)17-7-10-3-1-2-4-11(10)8-17/h1-6,18H,7-9H2. The quantitative estimate of drug-likeness (QED) is 0.902. The van der Waals surface area contributed by atoms with Crippen LogP contribution in [0, 0.1) is 0 Å². The maximum absolute atomic E-state index is 9.19. The molecule has 2 heterocycles. The molecule has 3 nitrogen and oxygen atoms in total. The molecule has 1 aromatic carbocycles. The van der Waals surface area contributed by atoms with Gasteiger partial charge in [0, 0.05) is 13.1 Å². The number of hydrogen-bond donors (Lipinski definition) is 1. The van der Waals surface area contributed by atoms with Gasteiger partial charge in [-0.1, -0.05) is 35.9 Å². The van der Waals surface area contributed by atoms with Gasteiger partial charge in [-0.25, -0.2) is 4.98 Å². The smallest absolute Gasteiger partial charge is 0.129 e. The summed E-state index contributed by atoms with van der Waals surface area (Å²) in [7, 11) is 0. The lowest BCUT2D eigenvalue weighted by molar-refractivity contribution is 0.277. The van der Waals surface area contributed by atoms with Gasteiger partial charge in [0.2, 0.25) is 0 Å². The lowest BCUT2D eigenvalue weighted by atomic mass is 10.1. The van der Waals surface area contributed by atoms with Crippen molar-refractivity contribution >= 4 is 17.4 Å². The van der Waals surface area contributed by atoms with Gasteiger partial charge in [-0.05, 0) is 23.3 Å².